The summed E-state index contributed by atoms with van der Waals surface area (Å²) >= 11 is 0. The number of nitrogens with one attached hydrogen (secondary N) is 1. The van der Waals surface area contributed by atoms with E-state index in [1.807, 2.05) is 26.1 Å². The predicted octanol–water partition coefficient (Wildman–Crippen LogP) is 3.55. The second-order valence-corrected chi connectivity index (χ2v) is 2.43. The van der Waals surface area contributed by atoms with Gasteiger partial charge >= 0.3 is 0 Å². The summed E-state index contributed by atoms with van der Waals surface area (Å²) in [4.78, 5) is 3.19. The van der Waals surface area contributed by atoms with E-state index in [4.69, 9.17) is 0 Å². The lowest BCUT2D eigenvalue weighted by Gasteiger charge is -2.03. The average molecular weight is 153 g/mol. The first kappa shape index (κ1) is 10.3. The molecule has 0 saturated carbocycles. The van der Waals surface area contributed by atoms with Crippen LogP contribution in [0.5, 0.6) is 0 Å². The molecule has 1 rings (SSSR count). The Hall–Kier alpha value is -0.720. The highest BCUT2D eigenvalue weighted by Gasteiger charge is 2.00. The molecule has 0 fully saturated rings. The van der Waals surface area contributed by atoms with Crippen molar-refractivity contribution >= 4 is 0 Å². The molecule has 0 radical (unpaired) electrons. The minimum absolute atomic E-state index is 0.681. The molecule has 1 atom stereocenters. The van der Waals surface area contributed by atoms with Crippen molar-refractivity contribution in [1.29, 1.82) is 0 Å². The van der Waals surface area contributed by atoms with E-state index in [-0.39, 0.29) is 0 Å². The van der Waals surface area contributed by atoms with Crippen LogP contribution in [-0.4, -0.2) is 4.98 Å². The predicted molar refractivity (Wildman–Crippen MR) is 50.8 cm³/mol. The highest BCUT2D eigenvalue weighted by molar-refractivity contribution is 5.08. The molecule has 0 aromatic carbocycles. The van der Waals surface area contributed by atoms with Gasteiger partial charge in [0.15, 0.2) is 0 Å². The molecule has 11 heavy (non-hydrogen) atoms. The first-order chi connectivity index (χ1) is 5.34. The normalized spacial score (nSPS) is 11.6. The van der Waals surface area contributed by atoms with Crippen LogP contribution in [-0.2, 0) is 0 Å². The number of hydrogen-bond acceptors (Lipinski definition) is 0. The van der Waals surface area contributed by atoms with Gasteiger partial charge < -0.3 is 4.98 Å². The highest BCUT2D eigenvalue weighted by atomic mass is 14.7. The maximum Gasteiger partial charge on any atom is 0.0175 e. The molecular formula is C10H19N. The Morgan fingerprint density at radius 2 is 2.09 bits per heavy atom. The molecule has 1 nitrogen and oxygen atoms in total. The summed E-state index contributed by atoms with van der Waals surface area (Å²) in [5.41, 5.74) is 1.34. The maximum absolute atomic E-state index is 3.19. The molecule has 0 amide bonds. The second-order valence-electron chi connectivity index (χ2n) is 2.43. The fourth-order valence-corrected chi connectivity index (χ4v) is 0.871. The zero-order valence-corrected chi connectivity index (χ0v) is 8.02. The molecule has 0 aliphatic carbocycles. The number of H-pyrrole nitrogens is 1. The third-order valence-electron chi connectivity index (χ3n) is 1.77. The zero-order chi connectivity index (χ0) is 8.69. The van der Waals surface area contributed by atoms with E-state index in [0.717, 1.165) is 0 Å². The van der Waals surface area contributed by atoms with Gasteiger partial charge in [0, 0.05) is 11.9 Å². The van der Waals surface area contributed by atoms with Crippen LogP contribution >= 0.6 is 0 Å². The first-order valence-electron chi connectivity index (χ1n) is 4.48. The minimum atomic E-state index is 0.681. The summed E-state index contributed by atoms with van der Waals surface area (Å²) in [6.07, 6.45) is 3.18. The number of aromatic nitrogens is 1. The van der Waals surface area contributed by atoms with Gasteiger partial charge in [0.05, 0.1) is 0 Å². The monoisotopic (exact) mass is 153 g/mol. The van der Waals surface area contributed by atoms with E-state index >= 15 is 0 Å². The molecule has 0 aliphatic rings. The molecule has 64 valence electrons. The van der Waals surface area contributed by atoms with Crippen LogP contribution in [0.1, 0.15) is 45.7 Å². The molecule has 0 spiro atoms. The van der Waals surface area contributed by atoms with Gasteiger partial charge in [-0.1, -0.05) is 27.7 Å². The van der Waals surface area contributed by atoms with Crippen molar-refractivity contribution in [1.82, 2.24) is 4.98 Å². The smallest absolute Gasteiger partial charge is 0.0175 e. The standard InChI is InChI=1S/C8H13N.C2H6/c1-3-7(2)8-5-4-6-9-8;1-2/h4-7,9H,3H2,1-2H3;1-2H3. The van der Waals surface area contributed by atoms with Crippen molar-refractivity contribution in [3.05, 3.63) is 24.0 Å². The van der Waals surface area contributed by atoms with E-state index in [1.54, 1.807) is 0 Å². The molecule has 1 heteroatoms. The summed E-state index contributed by atoms with van der Waals surface area (Å²) in [6, 6.07) is 4.18. The summed E-state index contributed by atoms with van der Waals surface area (Å²) in [5.74, 6) is 0.681. The Balaban J connectivity index is 0.000000461. The summed E-state index contributed by atoms with van der Waals surface area (Å²) in [5, 5.41) is 0. The van der Waals surface area contributed by atoms with E-state index in [1.165, 1.54) is 12.1 Å². The van der Waals surface area contributed by atoms with Crippen LogP contribution in [0.4, 0.5) is 0 Å². The Morgan fingerprint density at radius 1 is 1.45 bits per heavy atom. The second kappa shape index (κ2) is 6.02. The van der Waals surface area contributed by atoms with Gasteiger partial charge in [-0.05, 0) is 24.5 Å². The fraction of sp³-hybridized carbons (Fsp3) is 0.600. The third-order valence-corrected chi connectivity index (χ3v) is 1.77. The van der Waals surface area contributed by atoms with E-state index in [9.17, 15) is 0 Å². The van der Waals surface area contributed by atoms with Gasteiger partial charge in [0.25, 0.3) is 0 Å². The summed E-state index contributed by atoms with van der Waals surface area (Å²) in [7, 11) is 0. The van der Waals surface area contributed by atoms with Gasteiger partial charge in [-0.3, -0.25) is 0 Å². The quantitative estimate of drug-likeness (QED) is 0.668. The Morgan fingerprint density at radius 3 is 2.45 bits per heavy atom. The average Bonchev–Trinajstić information content (AvgIpc) is 2.59. The molecule has 1 aromatic heterocycles. The molecular weight excluding hydrogens is 134 g/mol. The van der Waals surface area contributed by atoms with Gasteiger partial charge in [-0.2, -0.15) is 0 Å². The van der Waals surface area contributed by atoms with E-state index in [0.29, 0.717) is 5.92 Å². The van der Waals surface area contributed by atoms with Gasteiger partial charge in [0.1, 0.15) is 0 Å². The van der Waals surface area contributed by atoms with Gasteiger partial charge in [0.2, 0.25) is 0 Å². The Kier molecular flexibility index (Phi) is 5.63. The number of rotatable bonds is 2. The minimum Gasteiger partial charge on any atom is -0.365 e. The Bertz CT molecular complexity index is 153. The van der Waals surface area contributed by atoms with Crippen LogP contribution in [0.2, 0.25) is 0 Å². The zero-order valence-electron chi connectivity index (χ0n) is 8.02. The molecule has 1 N–H and O–H groups in total. The lowest BCUT2D eigenvalue weighted by molar-refractivity contribution is 0.713. The Labute approximate surface area is 69.8 Å². The summed E-state index contributed by atoms with van der Waals surface area (Å²) < 4.78 is 0. The maximum atomic E-state index is 3.19. The number of hydrogen-bond donors (Lipinski definition) is 1. The van der Waals surface area contributed by atoms with Crippen LogP contribution in [0, 0.1) is 0 Å². The fourth-order valence-electron chi connectivity index (χ4n) is 0.871. The topological polar surface area (TPSA) is 15.8 Å². The first-order valence-corrected chi connectivity index (χ1v) is 4.48. The number of aromatic amines is 1. The molecule has 1 aromatic rings. The molecule has 0 aliphatic heterocycles. The largest absolute Gasteiger partial charge is 0.365 e. The van der Waals surface area contributed by atoms with Crippen molar-refractivity contribution in [3.63, 3.8) is 0 Å². The van der Waals surface area contributed by atoms with Crippen LogP contribution in [0.3, 0.4) is 0 Å². The van der Waals surface area contributed by atoms with E-state index < -0.39 is 0 Å². The highest BCUT2D eigenvalue weighted by Crippen LogP contribution is 2.14. The van der Waals surface area contributed by atoms with Crippen molar-refractivity contribution in [2.24, 2.45) is 0 Å². The molecule has 1 unspecified atom stereocenters. The lowest BCUT2D eigenvalue weighted by atomic mass is 10.1. The van der Waals surface area contributed by atoms with Crippen LogP contribution in [0.15, 0.2) is 18.3 Å². The molecule has 0 saturated heterocycles. The summed E-state index contributed by atoms with van der Waals surface area (Å²) in [6.45, 7) is 8.43. The van der Waals surface area contributed by atoms with Gasteiger partial charge in [-0.25, -0.2) is 0 Å². The van der Waals surface area contributed by atoms with E-state index in [2.05, 4.69) is 24.9 Å². The van der Waals surface area contributed by atoms with Crippen molar-refractivity contribution in [2.45, 2.75) is 40.0 Å². The van der Waals surface area contributed by atoms with Gasteiger partial charge in [-0.15, -0.1) is 0 Å². The third kappa shape index (κ3) is 3.26. The molecule has 1 heterocycles. The van der Waals surface area contributed by atoms with Crippen molar-refractivity contribution in [3.8, 4) is 0 Å². The lowest BCUT2D eigenvalue weighted by Crippen LogP contribution is -1.89. The van der Waals surface area contributed by atoms with Crippen molar-refractivity contribution in [2.75, 3.05) is 0 Å². The van der Waals surface area contributed by atoms with Crippen molar-refractivity contribution < 1.29 is 0 Å². The van der Waals surface area contributed by atoms with Crippen LogP contribution in [0.25, 0.3) is 0 Å². The SMILES string of the molecule is CC.CCC(C)c1ccc[nH]1. The molecule has 0 bridgehead atoms. The van der Waals surface area contributed by atoms with Crippen LogP contribution < -0.4 is 0 Å².